The maximum absolute atomic E-state index is 12.7. The molecule has 0 aromatic rings. The van der Waals surface area contributed by atoms with Crippen LogP contribution in [0.15, 0.2) is 0 Å². The Bertz CT molecular complexity index is 354. The fourth-order valence-electron chi connectivity index (χ4n) is 3.70. The molecule has 0 saturated carbocycles. The average molecular weight is 311 g/mol. The van der Waals surface area contributed by atoms with Gasteiger partial charge in [-0.15, -0.1) is 0 Å². The third kappa shape index (κ3) is 4.67. The van der Waals surface area contributed by atoms with Gasteiger partial charge in [-0.3, -0.25) is 14.6 Å². The lowest BCUT2D eigenvalue weighted by Gasteiger charge is -2.43. The summed E-state index contributed by atoms with van der Waals surface area (Å²) in [7, 11) is 0. The van der Waals surface area contributed by atoms with Gasteiger partial charge in [0, 0.05) is 45.3 Å². The van der Waals surface area contributed by atoms with Gasteiger partial charge in [0.15, 0.2) is 0 Å². The summed E-state index contributed by atoms with van der Waals surface area (Å²) in [6.45, 7) is 11.4. The van der Waals surface area contributed by atoms with Gasteiger partial charge in [-0.05, 0) is 33.6 Å². The topological polar surface area (TPSA) is 47.0 Å². The van der Waals surface area contributed by atoms with Crippen molar-refractivity contribution in [2.24, 2.45) is 0 Å². The van der Waals surface area contributed by atoms with Crippen molar-refractivity contribution in [3.63, 3.8) is 0 Å². The number of piperazine rings is 1. The number of amides is 1. The maximum atomic E-state index is 12.7. The van der Waals surface area contributed by atoms with Crippen LogP contribution in [0.3, 0.4) is 0 Å². The molecular weight excluding hydrogens is 278 g/mol. The molecule has 0 spiro atoms. The van der Waals surface area contributed by atoms with Gasteiger partial charge in [-0.2, -0.15) is 0 Å². The molecular formula is C17H33N3O2. The van der Waals surface area contributed by atoms with E-state index in [-0.39, 0.29) is 12.1 Å². The second kappa shape index (κ2) is 8.27. The summed E-state index contributed by atoms with van der Waals surface area (Å²) in [6, 6.07) is 0.372. The number of hydrogen-bond acceptors (Lipinski definition) is 4. The molecule has 0 aromatic carbocycles. The first kappa shape index (κ1) is 17.7. The van der Waals surface area contributed by atoms with Crippen LogP contribution in [0.5, 0.6) is 0 Å². The van der Waals surface area contributed by atoms with Crippen molar-refractivity contribution in [3.05, 3.63) is 0 Å². The summed E-state index contributed by atoms with van der Waals surface area (Å²) in [6.07, 6.45) is 4.53. The van der Waals surface area contributed by atoms with Crippen LogP contribution in [0.25, 0.3) is 0 Å². The molecule has 0 bridgehead atoms. The fourth-order valence-corrected chi connectivity index (χ4v) is 3.70. The molecule has 128 valence electrons. The number of likely N-dealkylation sites (tertiary alicyclic amines) is 1. The number of β-amino-alcohol motifs (C(OH)–C–C–N with tert-alkyl or cyclic N) is 1. The number of aliphatic hydroxyl groups is 1. The number of carbonyl (C=O) groups is 1. The van der Waals surface area contributed by atoms with Crippen LogP contribution in [0.4, 0.5) is 0 Å². The van der Waals surface area contributed by atoms with Crippen LogP contribution in [-0.2, 0) is 4.79 Å². The lowest BCUT2D eigenvalue weighted by Crippen LogP contribution is -2.58. The van der Waals surface area contributed by atoms with Gasteiger partial charge in [0.25, 0.3) is 0 Å². The van der Waals surface area contributed by atoms with Crippen molar-refractivity contribution in [2.75, 3.05) is 39.3 Å². The van der Waals surface area contributed by atoms with Crippen molar-refractivity contribution >= 4 is 5.91 Å². The molecule has 5 nitrogen and oxygen atoms in total. The minimum Gasteiger partial charge on any atom is -0.392 e. The van der Waals surface area contributed by atoms with E-state index in [2.05, 4.69) is 28.5 Å². The zero-order valence-electron chi connectivity index (χ0n) is 14.5. The first-order valence-electron chi connectivity index (χ1n) is 8.94. The van der Waals surface area contributed by atoms with E-state index in [0.717, 1.165) is 52.1 Å². The Balaban J connectivity index is 1.87. The number of nitrogens with zero attached hydrogens (tertiary/aromatic N) is 3. The summed E-state index contributed by atoms with van der Waals surface area (Å²) in [4.78, 5) is 19.5. The third-order valence-corrected chi connectivity index (χ3v) is 5.12. The van der Waals surface area contributed by atoms with E-state index in [4.69, 9.17) is 0 Å². The van der Waals surface area contributed by atoms with E-state index in [1.54, 1.807) is 0 Å². The smallest absolute Gasteiger partial charge is 0.239 e. The largest absolute Gasteiger partial charge is 0.392 e. The summed E-state index contributed by atoms with van der Waals surface area (Å²) in [5, 5.41) is 9.57. The van der Waals surface area contributed by atoms with E-state index in [9.17, 15) is 9.90 Å². The number of rotatable bonds is 4. The molecule has 5 heteroatoms. The van der Waals surface area contributed by atoms with Gasteiger partial charge < -0.3 is 10.0 Å². The summed E-state index contributed by atoms with van der Waals surface area (Å²) < 4.78 is 0. The first-order valence-corrected chi connectivity index (χ1v) is 8.94. The number of hydrogen-bond donors (Lipinski definition) is 1. The molecule has 2 aliphatic rings. The Morgan fingerprint density at radius 2 is 1.73 bits per heavy atom. The minimum atomic E-state index is -0.287. The average Bonchev–Trinajstić information content (AvgIpc) is 2.76. The van der Waals surface area contributed by atoms with Crippen molar-refractivity contribution in [1.29, 1.82) is 0 Å². The van der Waals surface area contributed by atoms with Crippen LogP contribution < -0.4 is 0 Å². The molecule has 0 aromatic heterocycles. The van der Waals surface area contributed by atoms with Gasteiger partial charge in [0.1, 0.15) is 0 Å². The fraction of sp³-hybridized carbons (Fsp3) is 0.941. The standard InChI is InChI=1S/C17H33N3O2/c1-14-12-20(11-10-19(14)13-15(2)21)16(3)17(22)18-8-6-4-5-7-9-18/h14-16,21H,4-13H2,1-3H3. The van der Waals surface area contributed by atoms with E-state index in [0.29, 0.717) is 11.9 Å². The normalized spacial score (nSPS) is 28.2. The van der Waals surface area contributed by atoms with Gasteiger partial charge in [-0.1, -0.05) is 12.8 Å². The van der Waals surface area contributed by atoms with Crippen LogP contribution in [0.2, 0.25) is 0 Å². The van der Waals surface area contributed by atoms with Crippen molar-refractivity contribution in [2.45, 2.75) is 64.6 Å². The van der Waals surface area contributed by atoms with E-state index in [1.165, 1.54) is 12.8 Å². The van der Waals surface area contributed by atoms with Crippen LogP contribution in [-0.4, -0.2) is 83.2 Å². The number of carbonyl (C=O) groups excluding carboxylic acids is 1. The molecule has 3 atom stereocenters. The van der Waals surface area contributed by atoms with E-state index < -0.39 is 0 Å². The predicted octanol–water partition coefficient (Wildman–Crippen LogP) is 1.16. The Morgan fingerprint density at radius 1 is 1.09 bits per heavy atom. The summed E-state index contributed by atoms with van der Waals surface area (Å²) in [5.74, 6) is 0.304. The number of aliphatic hydroxyl groups excluding tert-OH is 1. The highest BCUT2D eigenvalue weighted by molar-refractivity contribution is 5.81. The molecule has 3 unspecified atom stereocenters. The van der Waals surface area contributed by atoms with E-state index in [1.807, 2.05) is 6.92 Å². The maximum Gasteiger partial charge on any atom is 0.239 e. The van der Waals surface area contributed by atoms with E-state index >= 15 is 0 Å². The van der Waals surface area contributed by atoms with Crippen LogP contribution in [0.1, 0.15) is 46.5 Å². The highest BCUT2D eigenvalue weighted by Gasteiger charge is 2.32. The SMILES string of the molecule is CC(O)CN1CCN(C(C)C(=O)N2CCCCCC2)CC1C. The molecule has 2 fully saturated rings. The Morgan fingerprint density at radius 3 is 2.27 bits per heavy atom. The second-order valence-corrected chi connectivity index (χ2v) is 7.10. The highest BCUT2D eigenvalue weighted by Crippen LogP contribution is 2.16. The molecule has 1 N–H and O–H groups in total. The van der Waals surface area contributed by atoms with Crippen molar-refractivity contribution < 1.29 is 9.90 Å². The summed E-state index contributed by atoms with van der Waals surface area (Å²) >= 11 is 0. The lowest BCUT2D eigenvalue weighted by atomic mass is 10.1. The summed E-state index contributed by atoms with van der Waals surface area (Å²) in [5.41, 5.74) is 0. The zero-order chi connectivity index (χ0) is 16.1. The first-order chi connectivity index (χ1) is 10.5. The third-order valence-electron chi connectivity index (χ3n) is 5.12. The molecule has 2 aliphatic heterocycles. The Labute approximate surface area is 135 Å². The minimum absolute atomic E-state index is 0.0192. The van der Waals surface area contributed by atoms with Crippen molar-refractivity contribution in [1.82, 2.24) is 14.7 Å². The monoisotopic (exact) mass is 311 g/mol. The lowest BCUT2D eigenvalue weighted by molar-refractivity contribution is -0.137. The molecule has 2 rings (SSSR count). The van der Waals surface area contributed by atoms with Crippen LogP contribution >= 0.6 is 0 Å². The van der Waals surface area contributed by atoms with Gasteiger partial charge in [0.2, 0.25) is 5.91 Å². The molecule has 0 aliphatic carbocycles. The molecule has 2 saturated heterocycles. The van der Waals surface area contributed by atoms with Crippen LogP contribution in [0, 0.1) is 0 Å². The van der Waals surface area contributed by atoms with Gasteiger partial charge in [-0.25, -0.2) is 0 Å². The van der Waals surface area contributed by atoms with Crippen molar-refractivity contribution in [3.8, 4) is 0 Å². The second-order valence-electron chi connectivity index (χ2n) is 7.10. The molecule has 0 radical (unpaired) electrons. The predicted molar refractivity (Wildman–Crippen MR) is 88.8 cm³/mol. The Kier molecular flexibility index (Phi) is 6.66. The van der Waals surface area contributed by atoms with Gasteiger partial charge >= 0.3 is 0 Å². The molecule has 1 amide bonds. The van der Waals surface area contributed by atoms with Gasteiger partial charge in [0.05, 0.1) is 12.1 Å². The highest BCUT2D eigenvalue weighted by atomic mass is 16.3. The quantitative estimate of drug-likeness (QED) is 0.846. The molecule has 2 heterocycles. The Hall–Kier alpha value is -0.650. The molecule has 22 heavy (non-hydrogen) atoms. The zero-order valence-corrected chi connectivity index (χ0v) is 14.5.